The van der Waals surface area contributed by atoms with Crippen molar-refractivity contribution in [3.8, 4) is 0 Å². The van der Waals surface area contributed by atoms with Crippen molar-refractivity contribution in [2.75, 3.05) is 52.8 Å². The number of aliphatic imine (C=N–C) groups is 2. The Morgan fingerprint density at radius 2 is 1.24 bits per heavy atom. The minimum atomic E-state index is -0.411. The van der Waals surface area contributed by atoms with Gasteiger partial charge in [-0.05, 0) is 24.3 Å². The first-order chi connectivity index (χ1) is 14.8. The Labute approximate surface area is 230 Å². The van der Waals surface area contributed by atoms with Crippen LogP contribution >= 0.6 is 70.6 Å². The third-order valence-corrected chi connectivity index (χ3v) is 11.4. The van der Waals surface area contributed by atoms with Crippen LogP contribution in [0.4, 0.5) is 0 Å². The summed E-state index contributed by atoms with van der Waals surface area (Å²) in [5.74, 6) is -0.822. The Kier molecular flexibility index (Phi) is 20.7. The summed E-state index contributed by atoms with van der Waals surface area (Å²) >= 11 is 9.35. The molecule has 0 bridgehead atoms. The fraction of sp³-hybridized carbons (Fsp3) is 0.471. The number of nitrogens with zero attached hydrogens (tertiary/aromatic N) is 3. The van der Waals surface area contributed by atoms with Gasteiger partial charge in [0.25, 0.3) is 0 Å². The second kappa shape index (κ2) is 19.3. The van der Waals surface area contributed by atoms with Gasteiger partial charge in [-0.3, -0.25) is 14.8 Å². The second-order valence-corrected chi connectivity index (χ2v) is 12.4. The Morgan fingerprint density at radius 1 is 0.909 bits per heavy atom. The van der Waals surface area contributed by atoms with Crippen molar-refractivity contribution in [3.05, 3.63) is 26.8 Å². The van der Waals surface area contributed by atoms with E-state index in [0.717, 1.165) is 14.9 Å². The fourth-order valence-corrected chi connectivity index (χ4v) is 9.52. The summed E-state index contributed by atoms with van der Waals surface area (Å²) in [4.78, 5) is 19.4. The molecule has 0 aromatic heterocycles. The van der Waals surface area contributed by atoms with Gasteiger partial charge in [-0.2, -0.15) is 0 Å². The van der Waals surface area contributed by atoms with Crippen molar-refractivity contribution in [3.63, 3.8) is 0 Å². The Balaban J connectivity index is 0. The van der Waals surface area contributed by atoms with E-state index < -0.39 is 11.8 Å². The maximum absolute atomic E-state index is 12.4. The minimum Gasteiger partial charge on any atom is -0.858 e. The molecule has 0 unspecified atom stereocenters. The van der Waals surface area contributed by atoms with E-state index in [1.807, 2.05) is 12.5 Å². The molecule has 1 amide bonds. The summed E-state index contributed by atoms with van der Waals surface area (Å²) in [6.45, 7) is 1.04. The quantitative estimate of drug-likeness (QED) is 0.158. The van der Waals surface area contributed by atoms with E-state index in [4.69, 9.17) is 11.5 Å². The van der Waals surface area contributed by atoms with E-state index in [9.17, 15) is 15.0 Å². The monoisotopic (exact) mass is 620 g/mol. The van der Waals surface area contributed by atoms with Gasteiger partial charge in [0.2, 0.25) is 6.41 Å². The predicted molar refractivity (Wildman–Crippen MR) is 145 cm³/mol. The third kappa shape index (κ3) is 11.6. The van der Waals surface area contributed by atoms with Gasteiger partial charge in [-0.15, -0.1) is 23.5 Å². The Bertz CT molecular complexity index is 751. The molecule has 0 saturated heterocycles. The van der Waals surface area contributed by atoms with Crippen LogP contribution in [0.5, 0.6) is 0 Å². The summed E-state index contributed by atoms with van der Waals surface area (Å²) in [7, 11) is 3.38. The molecule has 0 aromatic carbocycles. The first kappa shape index (κ1) is 35.3. The van der Waals surface area contributed by atoms with Crippen molar-refractivity contribution in [1.29, 1.82) is 0 Å². The van der Waals surface area contributed by atoms with Crippen molar-refractivity contribution in [2.45, 2.75) is 0 Å². The maximum atomic E-state index is 12.4. The van der Waals surface area contributed by atoms with Crippen LogP contribution in [-0.4, -0.2) is 81.4 Å². The number of hydrogen-bond acceptors (Lipinski definition) is 13. The van der Waals surface area contributed by atoms with Crippen molar-refractivity contribution in [2.24, 2.45) is 21.5 Å². The third-order valence-electron chi connectivity index (χ3n) is 3.04. The average Bonchev–Trinajstić information content (AvgIpc) is 3.40. The summed E-state index contributed by atoms with van der Waals surface area (Å²) in [6, 6.07) is 0. The number of rotatable bonds is 9. The molecule has 0 fully saturated rings. The maximum Gasteiger partial charge on any atom is 2.00 e. The Hall–Kier alpha value is 0.129. The van der Waals surface area contributed by atoms with E-state index in [2.05, 4.69) is 9.98 Å². The summed E-state index contributed by atoms with van der Waals surface area (Å²) in [6.07, 6.45) is 4.84. The molecule has 0 aromatic rings. The van der Waals surface area contributed by atoms with Gasteiger partial charge >= 0.3 is 17.1 Å². The van der Waals surface area contributed by atoms with Crippen LogP contribution in [0, 0.1) is 0 Å². The number of carbonyl (C=O) groups excluding carboxylic acids is 1. The van der Waals surface area contributed by atoms with Crippen LogP contribution in [0.25, 0.3) is 0 Å². The van der Waals surface area contributed by atoms with Crippen LogP contribution < -0.4 is 21.7 Å². The molecule has 6 N–H and O–H groups in total. The van der Waals surface area contributed by atoms with E-state index in [1.54, 1.807) is 61.1 Å². The number of carbonyl (C=O) groups is 1. The minimum absolute atomic E-state index is 0. The van der Waals surface area contributed by atoms with Crippen molar-refractivity contribution in [1.82, 2.24) is 4.90 Å². The van der Waals surface area contributed by atoms with Gasteiger partial charge in [-0.1, -0.05) is 47.0 Å². The number of amides is 1. The van der Waals surface area contributed by atoms with Crippen LogP contribution in [0.3, 0.4) is 0 Å². The van der Waals surface area contributed by atoms with E-state index in [0.29, 0.717) is 9.81 Å². The molecule has 2 rings (SSSR count). The smallest absolute Gasteiger partial charge is 0.858 e. The van der Waals surface area contributed by atoms with Gasteiger partial charge in [0, 0.05) is 37.0 Å². The fourth-order valence-electron chi connectivity index (χ4n) is 1.75. The van der Waals surface area contributed by atoms with Crippen LogP contribution in [0.15, 0.2) is 36.7 Å². The van der Waals surface area contributed by atoms with E-state index >= 15 is 0 Å². The first-order valence-corrected chi connectivity index (χ1v) is 14.5. The molecular weight excluding hydrogens is 594 g/mol. The molecule has 16 heteroatoms. The van der Waals surface area contributed by atoms with E-state index in [-0.39, 0.29) is 48.7 Å². The number of hydrogen-bond donors (Lipinski definition) is 2. The molecule has 2 aliphatic rings. The summed E-state index contributed by atoms with van der Waals surface area (Å²) < 4.78 is 4.48. The molecule has 1 radical (unpaired) electrons. The number of thioether (sulfide) groups is 6. The van der Waals surface area contributed by atoms with Crippen LogP contribution in [0.2, 0.25) is 0 Å². The van der Waals surface area contributed by atoms with Gasteiger partial charge in [0.15, 0.2) is 0 Å². The molecule has 0 spiro atoms. The standard InChI is InChI=1S/C14H20N4O2S6.C3H7NO.Cu.H2O/c1-21-11-12(22-2)26-14(25-11)13-23-7(9(19)17-5-3-15)8(24-13)10(20)18-6-4-16;1-4(2)3-5;;/h3-6,15-16H2,1-2H3,(H,17,19)(H,18,20);3H,1-2H3;;1H2/q;;+2;/p-2. The molecule has 2 heterocycles. The predicted octanol–water partition coefficient (Wildman–Crippen LogP) is 0.449. The molecule has 0 saturated carbocycles. The Morgan fingerprint density at radius 3 is 1.52 bits per heavy atom. The SMILES string of the molecule is CN(C)C=O.CSC1=C(SC)SC(=C2SC(C([O-])=NCCN)=C(C([O-])=NCCN)S2)S1.O.[Cu+2]. The molecule has 2 aliphatic heterocycles. The summed E-state index contributed by atoms with van der Waals surface area (Å²) in [5, 5.41) is 24.8. The molecule has 191 valence electrons. The molecule has 33 heavy (non-hydrogen) atoms. The van der Waals surface area contributed by atoms with Gasteiger partial charge < -0.3 is 32.1 Å². The average molecular weight is 621 g/mol. The molecule has 9 nitrogen and oxygen atoms in total. The zero-order valence-corrected chi connectivity index (χ0v) is 24.2. The van der Waals surface area contributed by atoms with Crippen molar-refractivity contribution < 1.29 is 37.6 Å². The molecule has 0 atom stereocenters. The van der Waals surface area contributed by atoms with Crippen LogP contribution in [-0.2, 0) is 21.9 Å². The topological polar surface area (TPSA) is 175 Å². The van der Waals surface area contributed by atoms with Gasteiger partial charge in [-0.25, -0.2) is 0 Å². The largest absolute Gasteiger partial charge is 2.00 e. The molecular formula is C17H27CuN5O4S6. The second-order valence-electron chi connectivity index (χ2n) is 5.64. The van der Waals surface area contributed by atoms with Gasteiger partial charge in [0.05, 0.1) is 30.0 Å². The molecule has 0 aliphatic carbocycles. The van der Waals surface area contributed by atoms with Gasteiger partial charge in [0.1, 0.15) is 0 Å². The number of nitrogens with two attached hydrogens (primary N) is 2. The van der Waals surface area contributed by atoms with Crippen LogP contribution in [0.1, 0.15) is 0 Å². The zero-order valence-electron chi connectivity index (χ0n) is 18.4. The van der Waals surface area contributed by atoms with E-state index in [1.165, 1.54) is 36.9 Å². The first-order valence-electron chi connectivity index (χ1n) is 8.80. The normalized spacial score (nSPS) is 16.3. The van der Waals surface area contributed by atoms with Crippen molar-refractivity contribution >= 4 is 88.8 Å². The summed E-state index contributed by atoms with van der Waals surface area (Å²) in [5.41, 5.74) is 10.8. The zero-order chi connectivity index (χ0) is 23.4.